The summed E-state index contributed by atoms with van der Waals surface area (Å²) >= 11 is 0. The smallest absolute Gasteiger partial charge is 0.303 e. The number of rotatable bonds is 4. The van der Waals surface area contributed by atoms with Gasteiger partial charge in [-0.3, -0.25) is 14.9 Å². The number of nitro groups is 1. The van der Waals surface area contributed by atoms with E-state index in [1.807, 2.05) is 0 Å². The molecule has 6 nitrogen and oxygen atoms in total. The van der Waals surface area contributed by atoms with E-state index >= 15 is 0 Å². The van der Waals surface area contributed by atoms with Crippen LogP contribution in [0.25, 0.3) is 0 Å². The molecule has 0 amide bonds. The van der Waals surface area contributed by atoms with Crippen LogP contribution >= 0.6 is 0 Å². The van der Waals surface area contributed by atoms with Crippen LogP contribution in [0.1, 0.15) is 6.42 Å². The minimum Gasteiger partial charge on any atom is -0.481 e. The highest BCUT2D eigenvalue weighted by molar-refractivity contribution is 5.68. The number of carboxylic acid groups (broad SMARTS) is 1. The third-order valence-corrected chi connectivity index (χ3v) is 2.90. The first kappa shape index (κ1) is 12.3. The van der Waals surface area contributed by atoms with Gasteiger partial charge in [-0.25, -0.2) is 4.39 Å². The summed E-state index contributed by atoms with van der Waals surface area (Å²) in [6, 6.07) is 3.47. The van der Waals surface area contributed by atoms with Crippen LogP contribution in [-0.2, 0) is 4.79 Å². The fraction of sp³-hybridized carbons (Fsp3) is 0.364. The molecule has 2 rings (SSSR count). The van der Waals surface area contributed by atoms with Gasteiger partial charge in [0.15, 0.2) is 5.82 Å². The lowest BCUT2D eigenvalue weighted by molar-refractivity contribution is -0.385. The van der Waals surface area contributed by atoms with Gasteiger partial charge in [0.2, 0.25) is 0 Å². The Kier molecular flexibility index (Phi) is 3.14. The first-order chi connectivity index (χ1) is 8.47. The third kappa shape index (κ3) is 2.39. The largest absolute Gasteiger partial charge is 0.481 e. The Morgan fingerprint density at radius 2 is 2.22 bits per heavy atom. The van der Waals surface area contributed by atoms with Crippen LogP contribution < -0.4 is 4.90 Å². The molecule has 1 aliphatic heterocycles. The van der Waals surface area contributed by atoms with Crippen LogP contribution in [0.3, 0.4) is 0 Å². The van der Waals surface area contributed by atoms with Crippen molar-refractivity contribution in [1.82, 2.24) is 0 Å². The number of carbonyl (C=O) groups is 1. The summed E-state index contributed by atoms with van der Waals surface area (Å²) in [4.78, 5) is 21.9. The van der Waals surface area contributed by atoms with E-state index in [4.69, 9.17) is 5.11 Å². The lowest BCUT2D eigenvalue weighted by Crippen LogP contribution is -2.47. The zero-order valence-corrected chi connectivity index (χ0v) is 9.38. The number of hydrogen-bond donors (Lipinski definition) is 1. The molecule has 0 bridgehead atoms. The molecule has 0 saturated carbocycles. The molecule has 0 spiro atoms. The Balaban J connectivity index is 2.04. The monoisotopic (exact) mass is 254 g/mol. The standard InChI is InChI=1S/C11H11FN2O4/c12-9-4-8(14(17)18)1-2-10(9)13-5-7(6-13)3-11(15)16/h1-2,4,7H,3,5-6H2,(H,15,16). The van der Waals surface area contributed by atoms with Crippen molar-refractivity contribution in [1.29, 1.82) is 0 Å². The summed E-state index contributed by atoms with van der Waals surface area (Å²) in [6.45, 7) is 0.919. The highest BCUT2D eigenvalue weighted by Crippen LogP contribution is 2.30. The minimum atomic E-state index is -0.871. The van der Waals surface area contributed by atoms with Gasteiger partial charge in [-0.05, 0) is 6.07 Å². The van der Waals surface area contributed by atoms with Gasteiger partial charge in [-0.2, -0.15) is 0 Å². The third-order valence-electron chi connectivity index (χ3n) is 2.90. The van der Waals surface area contributed by atoms with Gasteiger partial charge in [-0.15, -0.1) is 0 Å². The van der Waals surface area contributed by atoms with E-state index in [0.717, 1.165) is 6.07 Å². The van der Waals surface area contributed by atoms with E-state index < -0.39 is 16.7 Å². The van der Waals surface area contributed by atoms with Crippen molar-refractivity contribution < 1.29 is 19.2 Å². The van der Waals surface area contributed by atoms with E-state index in [0.29, 0.717) is 13.1 Å². The van der Waals surface area contributed by atoms with Crippen LogP contribution in [0.5, 0.6) is 0 Å². The first-order valence-corrected chi connectivity index (χ1v) is 5.38. The van der Waals surface area contributed by atoms with Crippen LogP contribution in [0.2, 0.25) is 0 Å². The average molecular weight is 254 g/mol. The molecule has 0 aliphatic carbocycles. The van der Waals surface area contributed by atoms with E-state index in [-0.39, 0.29) is 23.7 Å². The zero-order valence-electron chi connectivity index (χ0n) is 9.38. The number of nitro benzene ring substituents is 1. The molecular formula is C11H11FN2O4. The number of nitrogens with zero attached hydrogens (tertiary/aromatic N) is 2. The van der Waals surface area contributed by atoms with Crippen LogP contribution in [0.4, 0.5) is 15.8 Å². The Bertz CT molecular complexity index is 500. The van der Waals surface area contributed by atoms with Crippen molar-refractivity contribution in [2.24, 2.45) is 5.92 Å². The van der Waals surface area contributed by atoms with E-state index in [1.165, 1.54) is 12.1 Å². The quantitative estimate of drug-likeness (QED) is 0.652. The number of non-ortho nitro benzene ring substituents is 1. The molecule has 18 heavy (non-hydrogen) atoms. The molecule has 0 aromatic heterocycles. The van der Waals surface area contributed by atoms with Gasteiger partial charge in [-0.1, -0.05) is 0 Å². The second kappa shape index (κ2) is 4.59. The summed E-state index contributed by atoms with van der Waals surface area (Å²) in [6.07, 6.45) is 0.0606. The molecule has 96 valence electrons. The normalized spacial score (nSPS) is 15.3. The second-order valence-corrected chi connectivity index (χ2v) is 4.26. The molecule has 0 radical (unpaired) electrons. The fourth-order valence-electron chi connectivity index (χ4n) is 2.01. The Morgan fingerprint density at radius 1 is 1.56 bits per heavy atom. The van der Waals surface area contributed by atoms with Crippen LogP contribution in [-0.4, -0.2) is 29.1 Å². The minimum absolute atomic E-state index is 0.0112. The van der Waals surface area contributed by atoms with E-state index in [9.17, 15) is 19.3 Å². The van der Waals surface area contributed by atoms with Crippen molar-refractivity contribution >= 4 is 17.3 Å². The summed E-state index contributed by atoms with van der Waals surface area (Å²) in [5.41, 5.74) is -0.0129. The van der Waals surface area contributed by atoms with Gasteiger partial charge in [0, 0.05) is 25.1 Å². The SMILES string of the molecule is O=C(O)CC1CN(c2ccc([N+](=O)[O-])cc2F)C1. The molecule has 1 aromatic rings. The van der Waals surface area contributed by atoms with Gasteiger partial charge >= 0.3 is 5.97 Å². The van der Waals surface area contributed by atoms with E-state index in [1.54, 1.807) is 4.90 Å². The predicted molar refractivity (Wildman–Crippen MR) is 61.0 cm³/mol. The number of halogens is 1. The lowest BCUT2D eigenvalue weighted by atomic mass is 9.95. The number of carboxylic acids is 1. The predicted octanol–water partition coefficient (Wildman–Crippen LogP) is 1.64. The molecule has 1 aromatic carbocycles. The van der Waals surface area contributed by atoms with Gasteiger partial charge in [0.1, 0.15) is 0 Å². The Labute approximate surface area is 102 Å². The molecule has 1 aliphatic rings. The summed E-state index contributed by atoms with van der Waals surface area (Å²) < 4.78 is 13.6. The Hall–Kier alpha value is -2.18. The zero-order chi connectivity index (χ0) is 13.3. The summed E-state index contributed by atoms with van der Waals surface area (Å²) in [7, 11) is 0. The average Bonchev–Trinajstić information content (AvgIpc) is 2.23. The van der Waals surface area contributed by atoms with Gasteiger partial charge < -0.3 is 10.0 Å². The molecule has 1 saturated heterocycles. The summed E-state index contributed by atoms with van der Waals surface area (Å²) in [5, 5.41) is 19.0. The first-order valence-electron chi connectivity index (χ1n) is 5.38. The molecule has 1 N–H and O–H groups in total. The van der Waals surface area contributed by atoms with Crippen molar-refractivity contribution in [3.05, 3.63) is 34.1 Å². The van der Waals surface area contributed by atoms with Crippen molar-refractivity contribution in [3.63, 3.8) is 0 Å². The lowest BCUT2D eigenvalue weighted by Gasteiger charge is -2.40. The molecule has 0 unspecified atom stereocenters. The fourth-order valence-corrected chi connectivity index (χ4v) is 2.01. The van der Waals surface area contributed by atoms with Crippen molar-refractivity contribution in [2.75, 3.05) is 18.0 Å². The number of benzene rings is 1. The van der Waals surface area contributed by atoms with E-state index in [2.05, 4.69) is 0 Å². The van der Waals surface area contributed by atoms with Crippen molar-refractivity contribution in [2.45, 2.75) is 6.42 Å². The Morgan fingerprint density at radius 3 is 2.72 bits per heavy atom. The molecule has 7 heteroatoms. The second-order valence-electron chi connectivity index (χ2n) is 4.26. The number of anilines is 1. The van der Waals surface area contributed by atoms with Gasteiger partial charge in [0.25, 0.3) is 5.69 Å². The van der Waals surface area contributed by atoms with Crippen LogP contribution in [0.15, 0.2) is 18.2 Å². The molecule has 0 atom stereocenters. The maximum atomic E-state index is 13.6. The van der Waals surface area contributed by atoms with Crippen LogP contribution in [0, 0.1) is 21.8 Å². The van der Waals surface area contributed by atoms with Crippen molar-refractivity contribution in [3.8, 4) is 0 Å². The highest BCUT2D eigenvalue weighted by Gasteiger charge is 2.30. The topological polar surface area (TPSA) is 83.7 Å². The molecule has 1 fully saturated rings. The number of hydrogen-bond acceptors (Lipinski definition) is 4. The highest BCUT2D eigenvalue weighted by atomic mass is 19.1. The molecular weight excluding hydrogens is 243 g/mol. The maximum Gasteiger partial charge on any atom is 0.303 e. The maximum absolute atomic E-state index is 13.6. The number of aliphatic carboxylic acids is 1. The van der Waals surface area contributed by atoms with Gasteiger partial charge in [0.05, 0.1) is 23.1 Å². The molecule has 1 heterocycles. The summed E-state index contributed by atoms with van der Waals surface area (Å²) in [5.74, 6) is -1.51.